The fourth-order valence-corrected chi connectivity index (χ4v) is 1.88. The molecule has 4 nitrogen and oxygen atoms in total. The van der Waals surface area contributed by atoms with E-state index < -0.39 is 0 Å². The van der Waals surface area contributed by atoms with Gasteiger partial charge < -0.3 is 15.2 Å². The molecule has 2 N–H and O–H groups in total. The van der Waals surface area contributed by atoms with Gasteiger partial charge in [0.1, 0.15) is 0 Å². The summed E-state index contributed by atoms with van der Waals surface area (Å²) in [5.41, 5.74) is 5.82. The van der Waals surface area contributed by atoms with Gasteiger partial charge in [0, 0.05) is 46.5 Å². The topological polar surface area (TPSA) is 47.7 Å². The van der Waals surface area contributed by atoms with Crippen molar-refractivity contribution in [3.8, 4) is 0 Å². The third kappa shape index (κ3) is 7.17. The lowest BCUT2D eigenvalue weighted by Gasteiger charge is -2.30. The Bertz CT molecular complexity index is 145. The number of hydrogen-bond acceptors (Lipinski definition) is 4. The van der Waals surface area contributed by atoms with Crippen LogP contribution in [0, 0.1) is 0 Å². The molecular weight excluding hydrogens is 204 g/mol. The van der Waals surface area contributed by atoms with Crippen LogP contribution >= 0.6 is 0 Å². The van der Waals surface area contributed by atoms with Gasteiger partial charge in [-0.3, -0.25) is 4.90 Å². The second-order valence-corrected chi connectivity index (χ2v) is 4.05. The van der Waals surface area contributed by atoms with Crippen molar-refractivity contribution in [3.05, 3.63) is 0 Å². The van der Waals surface area contributed by atoms with Crippen LogP contribution in [0.5, 0.6) is 0 Å². The minimum Gasteiger partial charge on any atom is -0.385 e. The molecule has 0 aromatic carbocycles. The molecule has 0 aromatic rings. The maximum atomic E-state index is 5.82. The predicted molar refractivity (Wildman–Crippen MR) is 67.7 cm³/mol. The van der Waals surface area contributed by atoms with Gasteiger partial charge >= 0.3 is 0 Å². The second-order valence-electron chi connectivity index (χ2n) is 4.05. The molecule has 0 amide bonds. The smallest absolute Gasteiger partial charge is 0.0589 e. The lowest BCUT2D eigenvalue weighted by Crippen LogP contribution is -2.43. The molecule has 4 heteroatoms. The molecule has 0 saturated carbocycles. The van der Waals surface area contributed by atoms with Crippen molar-refractivity contribution in [1.29, 1.82) is 0 Å². The third-order valence-corrected chi connectivity index (χ3v) is 2.79. The van der Waals surface area contributed by atoms with E-state index in [0.29, 0.717) is 6.04 Å². The van der Waals surface area contributed by atoms with Crippen molar-refractivity contribution in [1.82, 2.24) is 4.90 Å². The Morgan fingerprint density at radius 2 is 1.81 bits per heavy atom. The van der Waals surface area contributed by atoms with E-state index in [1.807, 2.05) is 0 Å². The van der Waals surface area contributed by atoms with Crippen molar-refractivity contribution >= 4 is 0 Å². The third-order valence-electron chi connectivity index (χ3n) is 2.79. The minimum atomic E-state index is 0.483. The summed E-state index contributed by atoms with van der Waals surface area (Å²) in [7, 11) is 3.48. The lowest BCUT2D eigenvalue weighted by atomic mass is 10.1. The molecule has 0 heterocycles. The monoisotopic (exact) mass is 232 g/mol. The fraction of sp³-hybridized carbons (Fsp3) is 1.00. The quantitative estimate of drug-likeness (QED) is 0.542. The van der Waals surface area contributed by atoms with Gasteiger partial charge in [0.05, 0.1) is 6.61 Å². The highest BCUT2D eigenvalue weighted by Gasteiger charge is 2.15. The highest BCUT2D eigenvalue weighted by Crippen LogP contribution is 2.06. The first-order valence-electron chi connectivity index (χ1n) is 6.22. The standard InChI is InChI=1S/C12H28N2O2/c1-4-6-12(11-13)14(8-10-16-3)7-5-9-15-2/h12H,4-11,13H2,1-3H3. The molecule has 98 valence electrons. The summed E-state index contributed by atoms with van der Waals surface area (Å²) >= 11 is 0. The normalized spacial score (nSPS) is 13.3. The number of rotatable bonds is 11. The van der Waals surface area contributed by atoms with Gasteiger partial charge in [-0.05, 0) is 12.8 Å². The first-order valence-corrected chi connectivity index (χ1v) is 6.22. The van der Waals surface area contributed by atoms with E-state index in [-0.39, 0.29) is 0 Å². The maximum absolute atomic E-state index is 5.82. The zero-order valence-electron chi connectivity index (χ0n) is 11.1. The van der Waals surface area contributed by atoms with Crippen molar-refractivity contribution in [2.24, 2.45) is 5.73 Å². The highest BCUT2D eigenvalue weighted by atomic mass is 16.5. The SMILES string of the molecule is CCCC(CN)N(CCCOC)CCOC. The molecule has 1 atom stereocenters. The van der Waals surface area contributed by atoms with Crippen LogP contribution in [0.15, 0.2) is 0 Å². The first kappa shape index (κ1) is 15.8. The van der Waals surface area contributed by atoms with Gasteiger partial charge in [-0.1, -0.05) is 13.3 Å². The van der Waals surface area contributed by atoms with Crippen LogP contribution in [-0.2, 0) is 9.47 Å². The molecule has 0 aromatic heterocycles. The molecule has 0 fully saturated rings. The Labute approximate surface area is 100 Å². The summed E-state index contributed by atoms with van der Waals surface area (Å²) in [5.74, 6) is 0. The Kier molecular flexibility index (Phi) is 11.2. The summed E-state index contributed by atoms with van der Waals surface area (Å²) in [4.78, 5) is 2.42. The van der Waals surface area contributed by atoms with Crippen LogP contribution in [0.4, 0.5) is 0 Å². The van der Waals surface area contributed by atoms with Crippen molar-refractivity contribution in [2.45, 2.75) is 32.2 Å². The number of nitrogens with zero attached hydrogens (tertiary/aromatic N) is 1. The predicted octanol–water partition coefficient (Wildman–Crippen LogP) is 1.10. The Morgan fingerprint density at radius 3 is 2.31 bits per heavy atom. The first-order chi connectivity index (χ1) is 7.79. The average molecular weight is 232 g/mol. The van der Waals surface area contributed by atoms with E-state index in [1.165, 1.54) is 6.42 Å². The molecule has 0 bridgehead atoms. The molecule has 0 aliphatic rings. The Hall–Kier alpha value is -0.160. The fourth-order valence-electron chi connectivity index (χ4n) is 1.88. The van der Waals surface area contributed by atoms with Gasteiger partial charge in [0.15, 0.2) is 0 Å². The summed E-state index contributed by atoms with van der Waals surface area (Å²) in [6.07, 6.45) is 3.39. The van der Waals surface area contributed by atoms with E-state index in [4.69, 9.17) is 15.2 Å². The number of ether oxygens (including phenoxy) is 2. The van der Waals surface area contributed by atoms with Crippen molar-refractivity contribution in [2.75, 3.05) is 47.1 Å². The second kappa shape index (κ2) is 11.3. The van der Waals surface area contributed by atoms with Gasteiger partial charge in [0.25, 0.3) is 0 Å². The molecule has 0 spiro atoms. The van der Waals surface area contributed by atoms with Crippen LogP contribution in [-0.4, -0.2) is 58.0 Å². The zero-order valence-corrected chi connectivity index (χ0v) is 11.1. The van der Waals surface area contributed by atoms with Gasteiger partial charge in [0.2, 0.25) is 0 Å². The highest BCUT2D eigenvalue weighted by molar-refractivity contribution is 4.72. The van der Waals surface area contributed by atoms with Crippen LogP contribution in [0.25, 0.3) is 0 Å². The maximum Gasteiger partial charge on any atom is 0.0589 e. The molecule has 16 heavy (non-hydrogen) atoms. The van der Waals surface area contributed by atoms with E-state index in [2.05, 4.69) is 11.8 Å². The minimum absolute atomic E-state index is 0.483. The van der Waals surface area contributed by atoms with E-state index in [1.54, 1.807) is 14.2 Å². The van der Waals surface area contributed by atoms with E-state index >= 15 is 0 Å². The molecule has 0 aliphatic carbocycles. The van der Waals surface area contributed by atoms with Crippen molar-refractivity contribution in [3.63, 3.8) is 0 Å². The number of hydrogen-bond donors (Lipinski definition) is 1. The zero-order chi connectivity index (χ0) is 12.2. The van der Waals surface area contributed by atoms with Gasteiger partial charge in [-0.2, -0.15) is 0 Å². The molecule has 0 saturated heterocycles. The molecule has 1 unspecified atom stereocenters. The molecule has 0 aliphatic heterocycles. The lowest BCUT2D eigenvalue weighted by molar-refractivity contribution is 0.105. The van der Waals surface area contributed by atoms with Crippen LogP contribution in [0.2, 0.25) is 0 Å². The van der Waals surface area contributed by atoms with Gasteiger partial charge in [-0.25, -0.2) is 0 Å². The van der Waals surface area contributed by atoms with Crippen LogP contribution in [0.3, 0.4) is 0 Å². The van der Waals surface area contributed by atoms with Crippen LogP contribution in [0.1, 0.15) is 26.2 Å². The van der Waals surface area contributed by atoms with Crippen molar-refractivity contribution < 1.29 is 9.47 Å². The summed E-state index contributed by atoms with van der Waals surface area (Å²) in [6, 6.07) is 0.483. The Morgan fingerprint density at radius 1 is 1.12 bits per heavy atom. The summed E-state index contributed by atoms with van der Waals surface area (Å²) < 4.78 is 10.2. The average Bonchev–Trinajstić information content (AvgIpc) is 2.31. The Balaban J connectivity index is 4.02. The van der Waals surface area contributed by atoms with Crippen LogP contribution < -0.4 is 5.73 Å². The number of nitrogens with two attached hydrogens (primary N) is 1. The van der Waals surface area contributed by atoms with E-state index in [0.717, 1.165) is 45.7 Å². The van der Waals surface area contributed by atoms with Gasteiger partial charge in [-0.15, -0.1) is 0 Å². The summed E-state index contributed by atoms with van der Waals surface area (Å²) in [5, 5.41) is 0. The largest absolute Gasteiger partial charge is 0.385 e. The summed E-state index contributed by atoms with van der Waals surface area (Å²) in [6.45, 7) is 6.51. The molecule has 0 radical (unpaired) electrons. The molecular formula is C12H28N2O2. The number of methoxy groups -OCH3 is 2. The van der Waals surface area contributed by atoms with E-state index in [9.17, 15) is 0 Å². The molecule has 0 rings (SSSR count).